The van der Waals surface area contributed by atoms with E-state index < -0.39 is 22.0 Å². The first kappa shape index (κ1) is 26.2. The highest BCUT2D eigenvalue weighted by molar-refractivity contribution is 9.10. The van der Waals surface area contributed by atoms with E-state index in [2.05, 4.69) is 21.2 Å². The summed E-state index contributed by atoms with van der Waals surface area (Å²) in [6, 6.07) is 15.4. The lowest BCUT2D eigenvalue weighted by atomic mass is 9.95. The SMILES string of the molecule is C[C@@H](C(=O)NC1CCCCC1)N(Cc1ccc(Br)cc1)C(=O)CN(c1ccccc1)S(C)(=O)=O. The highest BCUT2D eigenvalue weighted by atomic mass is 79.9. The average Bonchev–Trinajstić information content (AvgIpc) is 2.82. The molecule has 1 atom stereocenters. The third-order valence-corrected chi connectivity index (χ3v) is 7.78. The molecule has 1 fully saturated rings. The molecule has 9 heteroatoms. The number of para-hydroxylation sites is 1. The number of anilines is 1. The number of hydrogen-bond donors (Lipinski definition) is 1. The van der Waals surface area contributed by atoms with Crippen LogP contribution in [0.1, 0.15) is 44.6 Å². The maximum Gasteiger partial charge on any atom is 0.244 e. The van der Waals surface area contributed by atoms with Gasteiger partial charge in [0.15, 0.2) is 0 Å². The normalized spacial score (nSPS) is 15.4. The first-order chi connectivity index (χ1) is 16.1. The van der Waals surface area contributed by atoms with E-state index in [4.69, 9.17) is 0 Å². The molecule has 0 aliphatic heterocycles. The number of amides is 2. The van der Waals surface area contributed by atoms with Crippen LogP contribution in [0.4, 0.5) is 5.69 Å². The zero-order valence-electron chi connectivity index (χ0n) is 19.6. The zero-order chi connectivity index (χ0) is 24.7. The van der Waals surface area contributed by atoms with Crippen LogP contribution in [0.2, 0.25) is 0 Å². The summed E-state index contributed by atoms with van der Waals surface area (Å²) < 4.78 is 27.0. The van der Waals surface area contributed by atoms with E-state index in [9.17, 15) is 18.0 Å². The number of sulfonamides is 1. The van der Waals surface area contributed by atoms with Gasteiger partial charge in [-0.3, -0.25) is 13.9 Å². The molecule has 0 aromatic heterocycles. The summed E-state index contributed by atoms with van der Waals surface area (Å²) in [6.07, 6.45) is 6.30. The van der Waals surface area contributed by atoms with Gasteiger partial charge >= 0.3 is 0 Å². The van der Waals surface area contributed by atoms with Crippen LogP contribution < -0.4 is 9.62 Å². The Morgan fingerprint density at radius 3 is 2.24 bits per heavy atom. The second-order valence-electron chi connectivity index (χ2n) is 8.77. The van der Waals surface area contributed by atoms with Gasteiger partial charge in [-0.2, -0.15) is 0 Å². The second kappa shape index (κ2) is 11.8. The summed E-state index contributed by atoms with van der Waals surface area (Å²) in [6.45, 7) is 1.50. The summed E-state index contributed by atoms with van der Waals surface area (Å²) in [7, 11) is -3.71. The van der Waals surface area contributed by atoms with Crippen LogP contribution in [0.15, 0.2) is 59.1 Å². The molecule has 3 rings (SSSR count). The Kier molecular flexibility index (Phi) is 9.13. The summed E-state index contributed by atoms with van der Waals surface area (Å²) >= 11 is 3.41. The van der Waals surface area contributed by atoms with Crippen molar-refractivity contribution in [1.82, 2.24) is 10.2 Å². The van der Waals surface area contributed by atoms with Gasteiger partial charge in [-0.05, 0) is 49.6 Å². The highest BCUT2D eigenvalue weighted by Crippen LogP contribution is 2.21. The lowest BCUT2D eigenvalue weighted by molar-refractivity contribution is -0.139. The highest BCUT2D eigenvalue weighted by Gasteiger charge is 2.31. The van der Waals surface area contributed by atoms with Gasteiger partial charge in [-0.15, -0.1) is 0 Å². The lowest BCUT2D eigenvalue weighted by Crippen LogP contribution is -2.52. The summed E-state index contributed by atoms with van der Waals surface area (Å²) in [5.74, 6) is -0.661. The molecule has 0 spiro atoms. The van der Waals surface area contributed by atoms with Crippen LogP contribution in [0.3, 0.4) is 0 Å². The summed E-state index contributed by atoms with van der Waals surface area (Å²) in [5.41, 5.74) is 1.25. The second-order valence-corrected chi connectivity index (χ2v) is 11.6. The molecule has 1 aliphatic carbocycles. The minimum atomic E-state index is -3.71. The molecule has 7 nitrogen and oxygen atoms in total. The van der Waals surface area contributed by atoms with Gasteiger partial charge in [0.05, 0.1) is 11.9 Å². The van der Waals surface area contributed by atoms with E-state index >= 15 is 0 Å². The fraction of sp³-hybridized carbons (Fsp3) is 0.440. The monoisotopic (exact) mass is 549 g/mol. The van der Waals surface area contributed by atoms with Gasteiger partial charge < -0.3 is 10.2 Å². The van der Waals surface area contributed by atoms with Crippen LogP contribution in [0.25, 0.3) is 0 Å². The maximum absolute atomic E-state index is 13.5. The largest absolute Gasteiger partial charge is 0.352 e. The molecule has 0 radical (unpaired) electrons. The van der Waals surface area contributed by atoms with Gasteiger partial charge in [0, 0.05) is 17.1 Å². The Bertz CT molecular complexity index is 1070. The van der Waals surface area contributed by atoms with Crippen LogP contribution >= 0.6 is 15.9 Å². The lowest BCUT2D eigenvalue weighted by Gasteiger charge is -2.33. The molecule has 1 N–H and O–H groups in total. The van der Waals surface area contributed by atoms with Crippen molar-refractivity contribution in [2.45, 2.75) is 57.7 Å². The van der Waals surface area contributed by atoms with E-state index in [1.165, 1.54) is 11.3 Å². The molecule has 1 aliphatic rings. The third-order valence-electron chi connectivity index (χ3n) is 6.11. The number of nitrogens with one attached hydrogen (secondary N) is 1. The summed E-state index contributed by atoms with van der Waals surface area (Å²) in [5, 5.41) is 3.09. The zero-order valence-corrected chi connectivity index (χ0v) is 22.0. The molecule has 0 unspecified atom stereocenters. The van der Waals surface area contributed by atoms with Crippen molar-refractivity contribution >= 4 is 43.5 Å². The van der Waals surface area contributed by atoms with Crippen LogP contribution in [0, 0.1) is 0 Å². The molecule has 2 aromatic rings. The Hall–Kier alpha value is -2.39. The van der Waals surface area contributed by atoms with Gasteiger partial charge in [-0.25, -0.2) is 8.42 Å². The Morgan fingerprint density at radius 1 is 1.03 bits per heavy atom. The molecule has 184 valence electrons. The molecule has 0 saturated heterocycles. The minimum absolute atomic E-state index is 0.116. The van der Waals surface area contributed by atoms with Crippen LogP contribution in [-0.4, -0.2) is 50.0 Å². The number of benzene rings is 2. The predicted molar refractivity (Wildman–Crippen MR) is 138 cm³/mol. The molecular formula is C25H32BrN3O4S. The molecule has 1 saturated carbocycles. The number of rotatable bonds is 9. The topological polar surface area (TPSA) is 86.8 Å². The quantitative estimate of drug-likeness (QED) is 0.510. The van der Waals surface area contributed by atoms with Gasteiger partial charge in [0.2, 0.25) is 21.8 Å². The molecule has 0 heterocycles. The van der Waals surface area contributed by atoms with Crippen molar-refractivity contribution in [1.29, 1.82) is 0 Å². The van der Waals surface area contributed by atoms with E-state index in [-0.39, 0.29) is 25.0 Å². The smallest absolute Gasteiger partial charge is 0.244 e. The Labute approximate surface area is 210 Å². The fourth-order valence-corrected chi connectivity index (χ4v) is 5.26. The van der Waals surface area contributed by atoms with E-state index in [0.29, 0.717) is 5.69 Å². The molecular weight excluding hydrogens is 518 g/mol. The Balaban J connectivity index is 1.84. The summed E-state index contributed by atoms with van der Waals surface area (Å²) in [4.78, 5) is 28.1. The van der Waals surface area contributed by atoms with E-state index in [1.54, 1.807) is 37.3 Å². The molecule has 0 bridgehead atoms. The first-order valence-electron chi connectivity index (χ1n) is 11.5. The van der Waals surface area contributed by atoms with Gasteiger partial charge in [0.25, 0.3) is 0 Å². The predicted octanol–water partition coefficient (Wildman–Crippen LogP) is 4.08. The molecule has 34 heavy (non-hydrogen) atoms. The third kappa shape index (κ3) is 7.30. The number of nitrogens with zero attached hydrogens (tertiary/aromatic N) is 2. The van der Waals surface area contributed by atoms with Crippen molar-refractivity contribution in [2.75, 3.05) is 17.1 Å². The number of hydrogen-bond acceptors (Lipinski definition) is 4. The maximum atomic E-state index is 13.5. The van der Waals surface area contributed by atoms with Crippen molar-refractivity contribution in [2.24, 2.45) is 0 Å². The molecule has 2 aromatic carbocycles. The standard InChI is InChI=1S/C25H32BrN3O4S/c1-19(25(31)27-22-9-5-3-6-10-22)28(17-20-13-15-21(26)16-14-20)24(30)18-29(34(2,32)33)23-11-7-4-8-12-23/h4,7-8,11-16,19,22H,3,5-6,9-10,17-18H2,1-2H3,(H,27,31)/t19-/m0/s1. The molecule has 2 amide bonds. The van der Waals surface area contributed by atoms with E-state index in [1.807, 2.05) is 24.3 Å². The van der Waals surface area contributed by atoms with Crippen LogP contribution in [0.5, 0.6) is 0 Å². The van der Waals surface area contributed by atoms with Crippen LogP contribution in [-0.2, 0) is 26.2 Å². The number of halogens is 1. The minimum Gasteiger partial charge on any atom is -0.352 e. The van der Waals surface area contributed by atoms with Crippen molar-refractivity contribution in [3.8, 4) is 0 Å². The number of carbonyl (C=O) groups is 2. The van der Waals surface area contributed by atoms with Gasteiger partial charge in [-0.1, -0.05) is 65.5 Å². The van der Waals surface area contributed by atoms with Crippen molar-refractivity contribution in [3.05, 3.63) is 64.6 Å². The average molecular weight is 551 g/mol. The van der Waals surface area contributed by atoms with Crippen molar-refractivity contribution < 1.29 is 18.0 Å². The first-order valence-corrected chi connectivity index (χ1v) is 14.2. The number of carbonyl (C=O) groups excluding carboxylic acids is 2. The van der Waals surface area contributed by atoms with E-state index in [0.717, 1.165) is 46.3 Å². The van der Waals surface area contributed by atoms with Gasteiger partial charge in [0.1, 0.15) is 12.6 Å². The van der Waals surface area contributed by atoms with Crippen molar-refractivity contribution in [3.63, 3.8) is 0 Å². The fourth-order valence-electron chi connectivity index (χ4n) is 4.15. The Morgan fingerprint density at radius 2 is 1.65 bits per heavy atom.